The van der Waals surface area contributed by atoms with Crippen molar-refractivity contribution >= 4 is 17.7 Å². The van der Waals surface area contributed by atoms with Gasteiger partial charge in [0.15, 0.2) is 11.0 Å². The van der Waals surface area contributed by atoms with E-state index in [2.05, 4.69) is 10.2 Å². The summed E-state index contributed by atoms with van der Waals surface area (Å²) in [5, 5.41) is 9.95. The molecule has 2 heterocycles. The van der Waals surface area contributed by atoms with E-state index in [0.717, 1.165) is 22.9 Å². The number of thioether (sulfide) groups is 1. The summed E-state index contributed by atoms with van der Waals surface area (Å²) in [5.74, 6) is 0.507. The predicted molar refractivity (Wildman–Crippen MR) is 102 cm³/mol. The van der Waals surface area contributed by atoms with Crippen molar-refractivity contribution in [2.45, 2.75) is 37.0 Å². The average molecular weight is 424 g/mol. The number of benzene rings is 1. The predicted octanol–water partition coefficient (Wildman–Crippen LogP) is 4.05. The summed E-state index contributed by atoms with van der Waals surface area (Å²) >= 11 is 1.05. The third-order valence-corrected chi connectivity index (χ3v) is 5.20. The van der Waals surface area contributed by atoms with Gasteiger partial charge in [0.1, 0.15) is 12.3 Å². The van der Waals surface area contributed by atoms with Crippen LogP contribution in [-0.2, 0) is 11.3 Å². The smallest absolute Gasteiger partial charge is 0.405 e. The van der Waals surface area contributed by atoms with E-state index >= 15 is 0 Å². The number of carbonyl (C=O) groups is 1. The molecule has 0 saturated heterocycles. The number of aryl methyl sites for hydroxylation is 1. The molecule has 1 unspecified atom stereocenters. The molecule has 0 aliphatic carbocycles. The summed E-state index contributed by atoms with van der Waals surface area (Å²) in [4.78, 5) is 12.0. The first kappa shape index (κ1) is 21.0. The van der Waals surface area contributed by atoms with E-state index in [1.54, 1.807) is 19.3 Å². The van der Waals surface area contributed by atoms with Gasteiger partial charge in [-0.05, 0) is 25.5 Å². The minimum atomic E-state index is -4.46. The lowest BCUT2D eigenvalue weighted by atomic mass is 10.2. The van der Waals surface area contributed by atoms with Crippen molar-refractivity contribution in [3.63, 3.8) is 0 Å². The Morgan fingerprint density at radius 3 is 2.59 bits per heavy atom. The maximum atomic E-state index is 12.4. The second-order valence-corrected chi connectivity index (χ2v) is 7.67. The molecule has 0 aliphatic heterocycles. The van der Waals surface area contributed by atoms with Crippen molar-refractivity contribution in [1.29, 1.82) is 0 Å². The number of carbonyl (C=O) groups excluding carboxylic acids is 1. The van der Waals surface area contributed by atoms with Gasteiger partial charge < -0.3 is 9.73 Å². The van der Waals surface area contributed by atoms with E-state index in [1.807, 2.05) is 40.2 Å². The van der Waals surface area contributed by atoms with Gasteiger partial charge in [0.05, 0.1) is 23.6 Å². The zero-order valence-electron chi connectivity index (χ0n) is 15.7. The van der Waals surface area contributed by atoms with Crippen LogP contribution in [0, 0.1) is 6.92 Å². The van der Waals surface area contributed by atoms with Gasteiger partial charge in [-0.25, -0.2) is 0 Å². The zero-order chi connectivity index (χ0) is 21.0. The van der Waals surface area contributed by atoms with Gasteiger partial charge in [0.25, 0.3) is 0 Å². The van der Waals surface area contributed by atoms with Crippen molar-refractivity contribution in [2.75, 3.05) is 6.54 Å². The molecule has 2 aromatic heterocycles. The number of aromatic nitrogens is 3. The SMILES string of the molecule is Cc1occc1-c1nnc(SC(C)C(=O)NCC(F)(F)F)n1Cc1ccccc1. The molecule has 10 heteroatoms. The summed E-state index contributed by atoms with van der Waals surface area (Å²) in [6, 6.07) is 11.4. The summed E-state index contributed by atoms with van der Waals surface area (Å²) in [6.07, 6.45) is -2.91. The third kappa shape index (κ3) is 5.41. The summed E-state index contributed by atoms with van der Waals surface area (Å²) in [5.41, 5.74) is 1.75. The molecule has 0 spiro atoms. The molecule has 1 atom stereocenters. The molecule has 154 valence electrons. The average Bonchev–Trinajstić information content (AvgIpc) is 3.26. The molecule has 1 amide bonds. The van der Waals surface area contributed by atoms with Crippen LogP contribution in [0.2, 0.25) is 0 Å². The molecule has 29 heavy (non-hydrogen) atoms. The van der Waals surface area contributed by atoms with Crippen LogP contribution in [0.1, 0.15) is 18.2 Å². The highest BCUT2D eigenvalue weighted by molar-refractivity contribution is 8.00. The Balaban J connectivity index is 1.85. The Kier molecular flexibility index (Phi) is 6.31. The van der Waals surface area contributed by atoms with Crippen LogP contribution in [0.5, 0.6) is 0 Å². The van der Waals surface area contributed by atoms with Crippen molar-refractivity contribution < 1.29 is 22.4 Å². The molecule has 0 bridgehead atoms. The number of hydrogen-bond donors (Lipinski definition) is 1. The van der Waals surface area contributed by atoms with Gasteiger partial charge in [-0.15, -0.1) is 10.2 Å². The molecule has 0 radical (unpaired) electrons. The second-order valence-electron chi connectivity index (χ2n) is 6.36. The Bertz CT molecular complexity index is 969. The zero-order valence-corrected chi connectivity index (χ0v) is 16.5. The number of hydrogen-bond acceptors (Lipinski definition) is 5. The van der Waals surface area contributed by atoms with Crippen LogP contribution >= 0.6 is 11.8 Å². The summed E-state index contributed by atoms with van der Waals surface area (Å²) in [6.45, 7) is 2.40. The molecule has 0 fully saturated rings. The molecule has 1 aromatic carbocycles. The Morgan fingerprint density at radius 1 is 1.24 bits per heavy atom. The lowest BCUT2D eigenvalue weighted by Gasteiger charge is -2.14. The monoisotopic (exact) mass is 424 g/mol. The maximum Gasteiger partial charge on any atom is 0.405 e. The second kappa shape index (κ2) is 8.73. The molecular weight excluding hydrogens is 405 g/mol. The molecule has 3 aromatic rings. The third-order valence-electron chi connectivity index (χ3n) is 4.11. The van der Waals surface area contributed by atoms with E-state index in [9.17, 15) is 18.0 Å². The maximum absolute atomic E-state index is 12.4. The minimum Gasteiger partial charge on any atom is -0.469 e. The molecule has 3 rings (SSSR count). The molecule has 1 N–H and O–H groups in total. The molecule has 0 aliphatic rings. The largest absolute Gasteiger partial charge is 0.469 e. The highest BCUT2D eigenvalue weighted by Gasteiger charge is 2.29. The normalized spacial score (nSPS) is 12.7. The number of alkyl halides is 3. The van der Waals surface area contributed by atoms with E-state index in [4.69, 9.17) is 4.42 Å². The van der Waals surface area contributed by atoms with Gasteiger partial charge in [-0.3, -0.25) is 9.36 Å². The van der Waals surface area contributed by atoms with Gasteiger partial charge >= 0.3 is 6.18 Å². The Hall–Kier alpha value is -2.75. The van der Waals surface area contributed by atoms with Gasteiger partial charge in [0, 0.05) is 0 Å². The number of nitrogens with one attached hydrogen (secondary N) is 1. The number of amides is 1. The standard InChI is InChI=1S/C19H19F3N4O2S/c1-12-15(8-9-28-12)16-24-25-18(26(16)10-14-6-4-3-5-7-14)29-13(2)17(27)23-11-19(20,21)22/h3-9,13H,10-11H2,1-2H3,(H,23,27). The van der Waals surface area contributed by atoms with Gasteiger partial charge in [-0.1, -0.05) is 42.1 Å². The van der Waals surface area contributed by atoms with Crippen LogP contribution in [0.4, 0.5) is 13.2 Å². The molecular formula is C19H19F3N4O2S. The number of halogens is 3. The number of furan rings is 1. The van der Waals surface area contributed by atoms with Crippen molar-refractivity contribution in [3.05, 3.63) is 54.0 Å². The fraction of sp³-hybridized carbons (Fsp3) is 0.316. The number of rotatable bonds is 7. The fourth-order valence-corrected chi connectivity index (χ4v) is 3.52. The Morgan fingerprint density at radius 2 is 1.97 bits per heavy atom. The minimum absolute atomic E-state index is 0.430. The van der Waals surface area contributed by atoms with Crippen molar-refractivity contribution in [1.82, 2.24) is 20.1 Å². The van der Waals surface area contributed by atoms with Crippen LogP contribution in [0.15, 0.2) is 52.2 Å². The highest BCUT2D eigenvalue weighted by Crippen LogP contribution is 2.30. The van der Waals surface area contributed by atoms with Crippen LogP contribution in [0.3, 0.4) is 0 Å². The first-order chi connectivity index (χ1) is 13.7. The topological polar surface area (TPSA) is 72.9 Å². The van der Waals surface area contributed by atoms with Gasteiger partial charge in [0.2, 0.25) is 5.91 Å². The quantitative estimate of drug-likeness (QED) is 0.579. The number of nitrogens with zero attached hydrogens (tertiary/aromatic N) is 3. The Labute approximate surface area is 169 Å². The summed E-state index contributed by atoms with van der Waals surface area (Å²) in [7, 11) is 0. The van der Waals surface area contributed by atoms with Crippen LogP contribution < -0.4 is 5.32 Å². The molecule has 6 nitrogen and oxygen atoms in total. The van der Waals surface area contributed by atoms with E-state index < -0.39 is 23.9 Å². The van der Waals surface area contributed by atoms with Crippen LogP contribution in [0.25, 0.3) is 11.4 Å². The summed E-state index contributed by atoms with van der Waals surface area (Å²) < 4.78 is 44.2. The lowest BCUT2D eigenvalue weighted by molar-refractivity contribution is -0.137. The first-order valence-electron chi connectivity index (χ1n) is 8.77. The molecule has 0 saturated carbocycles. The first-order valence-corrected chi connectivity index (χ1v) is 9.65. The van der Waals surface area contributed by atoms with Crippen molar-refractivity contribution in [2.24, 2.45) is 0 Å². The van der Waals surface area contributed by atoms with Crippen LogP contribution in [-0.4, -0.2) is 38.6 Å². The van der Waals surface area contributed by atoms with Gasteiger partial charge in [-0.2, -0.15) is 13.2 Å². The van der Waals surface area contributed by atoms with E-state index in [0.29, 0.717) is 23.3 Å². The highest BCUT2D eigenvalue weighted by atomic mass is 32.2. The van der Waals surface area contributed by atoms with Crippen molar-refractivity contribution in [3.8, 4) is 11.4 Å². The van der Waals surface area contributed by atoms with E-state index in [1.165, 1.54) is 6.92 Å². The lowest BCUT2D eigenvalue weighted by Crippen LogP contribution is -2.38. The van der Waals surface area contributed by atoms with E-state index in [-0.39, 0.29) is 0 Å². The fourth-order valence-electron chi connectivity index (χ4n) is 2.64.